The predicted molar refractivity (Wildman–Crippen MR) is 90.5 cm³/mol. The first-order valence-electron chi connectivity index (χ1n) is 7.85. The first kappa shape index (κ1) is 14.2. The number of hydrogen-bond acceptors (Lipinski definition) is 1. The van der Waals surface area contributed by atoms with E-state index in [2.05, 4.69) is 81.6 Å². The Morgan fingerprint density at radius 3 is 1.48 bits per heavy atom. The van der Waals surface area contributed by atoms with E-state index in [1.807, 2.05) is 0 Å². The molecule has 0 unspecified atom stereocenters. The summed E-state index contributed by atoms with van der Waals surface area (Å²) < 4.78 is 0. The molecule has 0 saturated heterocycles. The van der Waals surface area contributed by atoms with Crippen LogP contribution in [0.4, 0.5) is 0 Å². The highest BCUT2D eigenvalue weighted by Gasteiger charge is 2.20. The second-order valence-corrected chi connectivity index (χ2v) is 7.48. The molecule has 110 valence electrons. The van der Waals surface area contributed by atoms with Gasteiger partial charge in [0.2, 0.25) is 0 Å². The maximum Gasteiger partial charge on any atom is 0.0413 e. The van der Waals surface area contributed by atoms with Gasteiger partial charge in [-0.05, 0) is 36.1 Å². The van der Waals surface area contributed by atoms with Crippen LogP contribution in [0.2, 0.25) is 0 Å². The van der Waals surface area contributed by atoms with Crippen molar-refractivity contribution in [1.29, 1.82) is 0 Å². The van der Waals surface area contributed by atoms with E-state index in [1.54, 1.807) is 0 Å². The van der Waals surface area contributed by atoms with E-state index in [0.717, 1.165) is 12.8 Å². The van der Waals surface area contributed by atoms with Crippen molar-refractivity contribution in [2.75, 3.05) is 0 Å². The lowest BCUT2D eigenvalue weighted by Gasteiger charge is -2.14. The minimum atomic E-state index is 0.131. The van der Waals surface area contributed by atoms with Crippen molar-refractivity contribution < 1.29 is 0 Å². The second-order valence-electron chi connectivity index (χ2n) is 7.48. The van der Waals surface area contributed by atoms with Gasteiger partial charge in [-0.25, -0.2) is 0 Å². The van der Waals surface area contributed by atoms with Crippen LogP contribution in [0.3, 0.4) is 0 Å². The Hall–Kier alpha value is -1.76. The molecule has 0 atom stereocenters. The Bertz CT molecular complexity index is 575. The molecule has 1 heteroatoms. The molecule has 0 aromatic carbocycles. The van der Waals surface area contributed by atoms with Crippen molar-refractivity contribution in [3.63, 3.8) is 0 Å². The summed E-state index contributed by atoms with van der Waals surface area (Å²) in [6.45, 7) is 8.98. The van der Waals surface area contributed by atoms with Crippen LogP contribution < -0.4 is 5.32 Å². The summed E-state index contributed by atoms with van der Waals surface area (Å²) in [6.07, 6.45) is 20.5. The molecular weight excluding hydrogens is 254 g/mol. The zero-order valence-electron chi connectivity index (χ0n) is 13.5. The van der Waals surface area contributed by atoms with Gasteiger partial charge in [0.1, 0.15) is 0 Å². The normalized spacial score (nSPS) is 25.7. The van der Waals surface area contributed by atoms with E-state index in [-0.39, 0.29) is 10.8 Å². The van der Waals surface area contributed by atoms with Crippen LogP contribution in [0.1, 0.15) is 40.5 Å². The summed E-state index contributed by atoms with van der Waals surface area (Å²) in [7, 11) is 0. The van der Waals surface area contributed by atoms with Gasteiger partial charge in [0, 0.05) is 22.2 Å². The van der Waals surface area contributed by atoms with Gasteiger partial charge in [-0.3, -0.25) is 0 Å². The van der Waals surface area contributed by atoms with Crippen molar-refractivity contribution in [2.24, 2.45) is 10.8 Å². The standard InChI is InChI=1S/C20H25N/c1-19(2)11-7-15-5-6-16-8-12-20(3,4)14-10-18(16)21-17(15)9-13-19/h7-14,21H,5-6H2,1-4H3. The van der Waals surface area contributed by atoms with Gasteiger partial charge >= 0.3 is 0 Å². The molecule has 1 heterocycles. The molecule has 0 aromatic rings. The molecule has 0 radical (unpaired) electrons. The zero-order valence-corrected chi connectivity index (χ0v) is 13.5. The summed E-state index contributed by atoms with van der Waals surface area (Å²) in [5.74, 6) is 0. The fraction of sp³-hybridized carbons (Fsp3) is 0.400. The molecule has 1 aliphatic heterocycles. The molecule has 3 aliphatic rings. The fourth-order valence-electron chi connectivity index (χ4n) is 2.83. The molecule has 0 spiro atoms. The molecule has 0 bridgehead atoms. The maximum absolute atomic E-state index is 3.66. The number of nitrogens with one attached hydrogen (secondary N) is 1. The van der Waals surface area contributed by atoms with E-state index >= 15 is 0 Å². The van der Waals surface area contributed by atoms with Gasteiger partial charge in [-0.2, -0.15) is 0 Å². The van der Waals surface area contributed by atoms with Crippen LogP contribution in [0.25, 0.3) is 0 Å². The summed E-state index contributed by atoms with van der Waals surface area (Å²) >= 11 is 0. The van der Waals surface area contributed by atoms with Crippen LogP contribution in [-0.4, -0.2) is 0 Å². The first-order valence-corrected chi connectivity index (χ1v) is 7.85. The average Bonchev–Trinajstić information content (AvgIpc) is 2.72. The van der Waals surface area contributed by atoms with Crippen LogP contribution in [-0.2, 0) is 0 Å². The van der Waals surface area contributed by atoms with Crippen molar-refractivity contribution >= 4 is 0 Å². The molecule has 2 aliphatic carbocycles. The van der Waals surface area contributed by atoms with E-state index < -0.39 is 0 Å². The third-order valence-corrected chi connectivity index (χ3v) is 4.41. The van der Waals surface area contributed by atoms with Gasteiger partial charge in [-0.1, -0.05) is 64.2 Å². The Kier molecular flexibility index (Phi) is 3.32. The Balaban J connectivity index is 1.95. The minimum absolute atomic E-state index is 0.131. The second kappa shape index (κ2) is 4.91. The lowest BCUT2D eigenvalue weighted by molar-refractivity contribution is 0.626. The molecule has 0 saturated carbocycles. The lowest BCUT2D eigenvalue weighted by atomic mass is 9.92. The zero-order chi connectivity index (χ0) is 15.1. The fourth-order valence-corrected chi connectivity index (χ4v) is 2.83. The molecule has 0 aromatic heterocycles. The van der Waals surface area contributed by atoms with Gasteiger partial charge < -0.3 is 5.32 Å². The van der Waals surface area contributed by atoms with Crippen LogP contribution in [0.5, 0.6) is 0 Å². The largest absolute Gasteiger partial charge is 0.355 e. The van der Waals surface area contributed by atoms with Crippen LogP contribution in [0.15, 0.2) is 71.1 Å². The Morgan fingerprint density at radius 1 is 0.667 bits per heavy atom. The third kappa shape index (κ3) is 3.12. The highest BCUT2D eigenvalue weighted by Crippen LogP contribution is 2.33. The number of rotatable bonds is 0. The van der Waals surface area contributed by atoms with Gasteiger partial charge in [0.15, 0.2) is 0 Å². The summed E-state index contributed by atoms with van der Waals surface area (Å²) in [6, 6.07) is 0. The van der Waals surface area contributed by atoms with Gasteiger partial charge in [0.05, 0.1) is 0 Å². The maximum atomic E-state index is 3.66. The summed E-state index contributed by atoms with van der Waals surface area (Å²) in [4.78, 5) is 0. The highest BCUT2D eigenvalue weighted by atomic mass is 14.9. The average molecular weight is 279 g/mol. The van der Waals surface area contributed by atoms with E-state index in [0.29, 0.717) is 0 Å². The monoisotopic (exact) mass is 279 g/mol. The smallest absolute Gasteiger partial charge is 0.0413 e. The minimum Gasteiger partial charge on any atom is -0.355 e. The van der Waals surface area contributed by atoms with Crippen molar-refractivity contribution in [1.82, 2.24) is 5.32 Å². The topological polar surface area (TPSA) is 12.0 Å². The van der Waals surface area contributed by atoms with Crippen LogP contribution in [0, 0.1) is 10.8 Å². The highest BCUT2D eigenvalue weighted by molar-refractivity contribution is 5.47. The van der Waals surface area contributed by atoms with E-state index in [9.17, 15) is 0 Å². The molecule has 21 heavy (non-hydrogen) atoms. The summed E-state index contributed by atoms with van der Waals surface area (Å²) in [5.41, 5.74) is 5.58. The molecule has 1 N–H and O–H groups in total. The molecule has 3 rings (SSSR count). The quantitative estimate of drug-likeness (QED) is 0.644. The van der Waals surface area contributed by atoms with Crippen molar-refractivity contribution in [2.45, 2.75) is 40.5 Å². The molecule has 0 fully saturated rings. The van der Waals surface area contributed by atoms with Crippen molar-refractivity contribution in [3.05, 3.63) is 71.1 Å². The number of hydrogen-bond donors (Lipinski definition) is 1. The van der Waals surface area contributed by atoms with E-state index in [4.69, 9.17) is 0 Å². The SMILES string of the molecule is CC1(C)C=CC2=C(C=C1)NC1=C(C=CC(C)(C)C=C1)CC2. The lowest BCUT2D eigenvalue weighted by Crippen LogP contribution is -2.12. The Morgan fingerprint density at radius 2 is 1.05 bits per heavy atom. The van der Waals surface area contributed by atoms with E-state index in [1.165, 1.54) is 22.5 Å². The number of allylic oxidation sites excluding steroid dienone is 10. The summed E-state index contributed by atoms with van der Waals surface area (Å²) in [5, 5.41) is 3.66. The van der Waals surface area contributed by atoms with Gasteiger partial charge in [-0.15, -0.1) is 0 Å². The molecule has 1 nitrogen and oxygen atoms in total. The first-order chi connectivity index (χ1) is 9.85. The van der Waals surface area contributed by atoms with Crippen LogP contribution >= 0.6 is 0 Å². The van der Waals surface area contributed by atoms with Crippen molar-refractivity contribution in [3.8, 4) is 0 Å². The third-order valence-electron chi connectivity index (χ3n) is 4.41. The van der Waals surface area contributed by atoms with Gasteiger partial charge in [0.25, 0.3) is 0 Å². The predicted octanol–water partition coefficient (Wildman–Crippen LogP) is 5.18. The Labute approximate surface area is 128 Å². The molecule has 0 amide bonds. The molecular formula is C20H25N.